The van der Waals surface area contributed by atoms with Crippen LogP contribution in [0.25, 0.3) is 0 Å². The summed E-state index contributed by atoms with van der Waals surface area (Å²) in [5.41, 5.74) is 0. The van der Waals surface area contributed by atoms with E-state index in [9.17, 15) is 9.59 Å². The third-order valence-electron chi connectivity index (χ3n) is 3.21. The summed E-state index contributed by atoms with van der Waals surface area (Å²) >= 11 is 0. The van der Waals surface area contributed by atoms with E-state index in [1.807, 2.05) is 14.1 Å². The van der Waals surface area contributed by atoms with Gasteiger partial charge < -0.3 is 25.3 Å². The SMILES string of the molecule is CN(C)C1CCN(C(=O)NC[C@H](O)C(=O)O)CC1. The molecule has 7 nitrogen and oxygen atoms in total. The molecule has 1 aliphatic rings. The van der Waals surface area contributed by atoms with Crippen LogP contribution in [0.4, 0.5) is 4.79 Å². The van der Waals surface area contributed by atoms with Crippen LogP contribution in [0.5, 0.6) is 0 Å². The molecule has 104 valence electrons. The van der Waals surface area contributed by atoms with E-state index in [4.69, 9.17) is 10.2 Å². The van der Waals surface area contributed by atoms with E-state index in [-0.39, 0.29) is 12.6 Å². The number of carboxylic acid groups (broad SMARTS) is 1. The van der Waals surface area contributed by atoms with Crippen molar-refractivity contribution in [2.45, 2.75) is 25.0 Å². The lowest BCUT2D eigenvalue weighted by molar-refractivity contribution is -0.146. The zero-order valence-electron chi connectivity index (χ0n) is 10.8. The topological polar surface area (TPSA) is 93.1 Å². The van der Waals surface area contributed by atoms with Crippen LogP contribution in [0.15, 0.2) is 0 Å². The van der Waals surface area contributed by atoms with Crippen LogP contribution in [-0.2, 0) is 4.79 Å². The van der Waals surface area contributed by atoms with Crippen molar-refractivity contribution in [3.63, 3.8) is 0 Å². The van der Waals surface area contributed by atoms with Gasteiger partial charge in [-0.05, 0) is 26.9 Å². The van der Waals surface area contributed by atoms with E-state index < -0.39 is 12.1 Å². The molecule has 0 spiro atoms. The third kappa shape index (κ3) is 4.15. The minimum absolute atomic E-state index is 0.262. The van der Waals surface area contributed by atoms with Crippen molar-refractivity contribution in [3.05, 3.63) is 0 Å². The number of nitrogens with one attached hydrogen (secondary N) is 1. The fraction of sp³-hybridized carbons (Fsp3) is 0.818. The summed E-state index contributed by atoms with van der Waals surface area (Å²) in [6, 6.07) is 0.172. The quantitative estimate of drug-likeness (QED) is 0.612. The van der Waals surface area contributed by atoms with Gasteiger partial charge in [0.2, 0.25) is 0 Å². The van der Waals surface area contributed by atoms with Crippen molar-refractivity contribution < 1.29 is 19.8 Å². The summed E-state index contributed by atoms with van der Waals surface area (Å²) in [6.45, 7) is 1.04. The average Bonchev–Trinajstić information content (AvgIpc) is 2.35. The largest absolute Gasteiger partial charge is 0.479 e. The Hall–Kier alpha value is -1.34. The summed E-state index contributed by atoms with van der Waals surface area (Å²) in [5, 5.41) is 19.9. The molecule has 0 aliphatic carbocycles. The molecule has 1 rings (SSSR count). The Morgan fingerprint density at radius 2 is 1.94 bits per heavy atom. The van der Waals surface area contributed by atoms with Crippen molar-refractivity contribution in [1.82, 2.24) is 15.1 Å². The first-order chi connectivity index (χ1) is 8.41. The number of carbonyl (C=O) groups excluding carboxylic acids is 1. The second-order valence-electron chi connectivity index (χ2n) is 4.72. The standard InChI is InChI=1S/C11H21N3O4/c1-13(2)8-3-5-14(6-4-8)11(18)12-7-9(15)10(16)17/h8-9,15H,3-7H2,1-2H3,(H,12,18)(H,16,17)/t9-/m0/s1. The molecule has 0 saturated carbocycles. The van der Waals surface area contributed by atoms with Gasteiger partial charge in [-0.3, -0.25) is 0 Å². The fourth-order valence-electron chi connectivity index (χ4n) is 1.97. The Morgan fingerprint density at radius 1 is 1.39 bits per heavy atom. The van der Waals surface area contributed by atoms with Crippen LogP contribution in [0.2, 0.25) is 0 Å². The lowest BCUT2D eigenvalue weighted by Gasteiger charge is -2.35. The maximum Gasteiger partial charge on any atom is 0.334 e. The first kappa shape index (κ1) is 14.7. The number of hydrogen-bond donors (Lipinski definition) is 3. The normalized spacial score (nSPS) is 18.8. The third-order valence-corrected chi connectivity index (χ3v) is 3.21. The number of piperidine rings is 1. The van der Waals surface area contributed by atoms with Gasteiger partial charge in [0.1, 0.15) is 0 Å². The Bertz CT molecular complexity index is 301. The molecule has 1 fully saturated rings. The van der Waals surface area contributed by atoms with Gasteiger partial charge >= 0.3 is 12.0 Å². The molecule has 18 heavy (non-hydrogen) atoms. The van der Waals surface area contributed by atoms with Crippen LogP contribution in [0.3, 0.4) is 0 Å². The van der Waals surface area contributed by atoms with Gasteiger partial charge in [0.15, 0.2) is 6.10 Å². The second-order valence-corrected chi connectivity index (χ2v) is 4.72. The van der Waals surface area contributed by atoms with E-state index >= 15 is 0 Å². The van der Waals surface area contributed by atoms with E-state index in [2.05, 4.69) is 10.2 Å². The highest BCUT2D eigenvalue weighted by Crippen LogP contribution is 2.13. The van der Waals surface area contributed by atoms with E-state index in [0.29, 0.717) is 19.1 Å². The van der Waals surface area contributed by atoms with Gasteiger partial charge in [-0.25, -0.2) is 9.59 Å². The number of rotatable bonds is 4. The molecule has 1 aliphatic heterocycles. The van der Waals surface area contributed by atoms with Crippen LogP contribution in [0.1, 0.15) is 12.8 Å². The highest BCUT2D eigenvalue weighted by molar-refractivity contribution is 5.76. The summed E-state index contributed by atoms with van der Waals surface area (Å²) in [7, 11) is 4.03. The monoisotopic (exact) mass is 259 g/mol. The number of urea groups is 1. The molecule has 0 aromatic rings. The molecule has 2 amide bonds. The highest BCUT2D eigenvalue weighted by atomic mass is 16.4. The Morgan fingerprint density at radius 3 is 2.39 bits per heavy atom. The van der Waals surface area contributed by atoms with Gasteiger partial charge in [-0.15, -0.1) is 0 Å². The highest BCUT2D eigenvalue weighted by Gasteiger charge is 2.24. The van der Waals surface area contributed by atoms with E-state index in [1.54, 1.807) is 4.90 Å². The molecule has 1 atom stereocenters. The summed E-state index contributed by atoms with van der Waals surface area (Å²) in [4.78, 5) is 25.9. The van der Waals surface area contributed by atoms with Gasteiger partial charge in [-0.1, -0.05) is 0 Å². The lowest BCUT2D eigenvalue weighted by Crippen LogP contribution is -2.49. The number of aliphatic hydroxyl groups excluding tert-OH is 1. The lowest BCUT2D eigenvalue weighted by atomic mass is 10.0. The molecule has 0 aromatic carbocycles. The predicted molar refractivity (Wildman–Crippen MR) is 65.3 cm³/mol. The van der Waals surface area contributed by atoms with Crippen molar-refractivity contribution >= 4 is 12.0 Å². The Balaban J connectivity index is 2.30. The summed E-state index contributed by atoms with van der Waals surface area (Å²) in [6.07, 6.45) is 0.261. The number of aliphatic carboxylic acids is 1. The average molecular weight is 259 g/mol. The number of nitrogens with zero attached hydrogens (tertiary/aromatic N) is 2. The molecule has 3 N–H and O–H groups in total. The molecular weight excluding hydrogens is 238 g/mol. The van der Waals surface area contributed by atoms with Gasteiger partial charge in [0, 0.05) is 19.1 Å². The maximum atomic E-state index is 11.7. The molecule has 0 unspecified atom stereocenters. The molecule has 7 heteroatoms. The number of likely N-dealkylation sites (tertiary alicyclic amines) is 1. The maximum absolute atomic E-state index is 11.7. The molecule has 1 saturated heterocycles. The van der Waals surface area contributed by atoms with Crippen molar-refractivity contribution in [1.29, 1.82) is 0 Å². The van der Waals surface area contributed by atoms with Crippen molar-refractivity contribution in [2.24, 2.45) is 0 Å². The molecule has 0 bridgehead atoms. The van der Waals surface area contributed by atoms with Gasteiger partial charge in [0.25, 0.3) is 0 Å². The number of hydrogen-bond acceptors (Lipinski definition) is 4. The molecular formula is C11H21N3O4. The van der Waals surface area contributed by atoms with Crippen molar-refractivity contribution in [3.8, 4) is 0 Å². The van der Waals surface area contributed by atoms with Crippen LogP contribution >= 0.6 is 0 Å². The smallest absolute Gasteiger partial charge is 0.334 e. The van der Waals surface area contributed by atoms with E-state index in [0.717, 1.165) is 12.8 Å². The molecule has 0 radical (unpaired) electrons. The van der Waals surface area contributed by atoms with Gasteiger partial charge in [-0.2, -0.15) is 0 Å². The summed E-state index contributed by atoms with van der Waals surface area (Å²) in [5.74, 6) is -1.33. The first-order valence-electron chi connectivity index (χ1n) is 6.02. The second kappa shape index (κ2) is 6.55. The Labute approximate surface area is 106 Å². The van der Waals surface area contributed by atoms with Crippen LogP contribution in [-0.4, -0.2) is 77.9 Å². The van der Waals surface area contributed by atoms with Gasteiger partial charge in [0.05, 0.1) is 6.54 Å². The number of amides is 2. The Kier molecular flexibility index (Phi) is 5.36. The summed E-state index contributed by atoms with van der Waals surface area (Å²) < 4.78 is 0. The molecule has 1 heterocycles. The van der Waals surface area contributed by atoms with Crippen molar-refractivity contribution in [2.75, 3.05) is 33.7 Å². The minimum Gasteiger partial charge on any atom is -0.479 e. The number of carbonyl (C=O) groups is 2. The van der Waals surface area contributed by atoms with E-state index in [1.165, 1.54) is 0 Å². The zero-order chi connectivity index (χ0) is 13.7. The predicted octanol–water partition coefficient (Wildman–Crippen LogP) is -0.832. The zero-order valence-corrected chi connectivity index (χ0v) is 10.8. The minimum atomic E-state index is -1.55. The van der Waals surface area contributed by atoms with Crippen LogP contribution in [0, 0.1) is 0 Å². The molecule has 0 aromatic heterocycles. The fourth-order valence-corrected chi connectivity index (χ4v) is 1.97. The first-order valence-corrected chi connectivity index (χ1v) is 6.02. The number of aliphatic hydroxyl groups is 1. The number of carboxylic acids is 1. The van der Waals surface area contributed by atoms with Crippen LogP contribution < -0.4 is 5.32 Å².